The zero-order valence-electron chi connectivity index (χ0n) is 11.7. The number of carbonyl (C=O) groups excluding carboxylic acids is 1. The highest BCUT2D eigenvalue weighted by Gasteiger charge is 2.22. The molecule has 2 amide bonds. The maximum Gasteiger partial charge on any atom is 0.319 e. The molecule has 0 fully saturated rings. The summed E-state index contributed by atoms with van der Waals surface area (Å²) in [5.74, 6) is 0. The lowest BCUT2D eigenvalue weighted by Crippen LogP contribution is -2.48. The summed E-state index contributed by atoms with van der Waals surface area (Å²) in [5.41, 5.74) is -0.595. The van der Waals surface area contributed by atoms with Gasteiger partial charge in [-0.2, -0.15) is 0 Å². The topological polar surface area (TPSA) is 64.6 Å². The summed E-state index contributed by atoms with van der Waals surface area (Å²) in [6.45, 7) is 2.21. The lowest BCUT2D eigenvalue weighted by atomic mass is 10.1. The Hall–Kier alpha value is -1.01. The number of nitrogens with one attached hydrogen (secondary N) is 2. The standard InChI is InChI=1S/C13H19Cl2N3O2/c1-13(20,8-18(2)3)7-16-12(19)17-11-6-9(14)4-5-10(11)15/h4-6,20H,7-8H2,1-3H3,(H2,16,17,19). The molecule has 0 aliphatic heterocycles. The fourth-order valence-corrected chi connectivity index (χ4v) is 2.10. The maximum atomic E-state index is 11.8. The molecule has 0 heterocycles. The van der Waals surface area contributed by atoms with Gasteiger partial charge in [0, 0.05) is 18.1 Å². The van der Waals surface area contributed by atoms with E-state index in [4.69, 9.17) is 23.2 Å². The van der Waals surface area contributed by atoms with E-state index in [-0.39, 0.29) is 6.54 Å². The van der Waals surface area contributed by atoms with E-state index in [2.05, 4.69) is 10.6 Å². The van der Waals surface area contributed by atoms with E-state index in [0.717, 1.165) is 0 Å². The summed E-state index contributed by atoms with van der Waals surface area (Å²) in [5, 5.41) is 16.1. The molecule has 112 valence electrons. The SMILES string of the molecule is CN(C)CC(C)(O)CNC(=O)Nc1cc(Cl)ccc1Cl. The van der Waals surface area contributed by atoms with Crippen LogP contribution >= 0.6 is 23.2 Å². The Balaban J connectivity index is 2.54. The van der Waals surface area contributed by atoms with Gasteiger partial charge in [0.25, 0.3) is 0 Å². The smallest absolute Gasteiger partial charge is 0.319 e. The van der Waals surface area contributed by atoms with E-state index >= 15 is 0 Å². The van der Waals surface area contributed by atoms with Crippen molar-refractivity contribution in [2.45, 2.75) is 12.5 Å². The van der Waals surface area contributed by atoms with Crippen LogP contribution in [0.25, 0.3) is 0 Å². The van der Waals surface area contributed by atoms with Gasteiger partial charge in [0.05, 0.1) is 16.3 Å². The van der Waals surface area contributed by atoms with Crippen molar-refractivity contribution < 1.29 is 9.90 Å². The first-order chi connectivity index (χ1) is 9.19. The van der Waals surface area contributed by atoms with E-state index in [1.807, 2.05) is 19.0 Å². The third kappa shape index (κ3) is 5.96. The van der Waals surface area contributed by atoms with Crippen LogP contribution in [0, 0.1) is 0 Å². The minimum absolute atomic E-state index is 0.120. The molecule has 0 aliphatic carbocycles. The summed E-state index contributed by atoms with van der Waals surface area (Å²) in [4.78, 5) is 13.6. The normalized spacial score (nSPS) is 13.9. The lowest BCUT2D eigenvalue weighted by molar-refractivity contribution is 0.0364. The first-order valence-corrected chi connectivity index (χ1v) is 6.82. The molecule has 1 unspecified atom stereocenters. The number of benzene rings is 1. The Morgan fingerprint density at radius 3 is 2.65 bits per heavy atom. The average Bonchev–Trinajstić information content (AvgIpc) is 2.30. The predicted octanol–water partition coefficient (Wildman–Crippen LogP) is 2.43. The van der Waals surface area contributed by atoms with Crippen LogP contribution in [0.4, 0.5) is 10.5 Å². The van der Waals surface area contributed by atoms with Gasteiger partial charge in [-0.25, -0.2) is 4.79 Å². The van der Waals surface area contributed by atoms with Crippen LogP contribution < -0.4 is 10.6 Å². The molecule has 0 aromatic heterocycles. The number of aliphatic hydroxyl groups is 1. The Kier molecular flexibility index (Phi) is 6.07. The van der Waals surface area contributed by atoms with Crippen molar-refractivity contribution in [1.82, 2.24) is 10.2 Å². The third-order valence-electron chi connectivity index (χ3n) is 2.46. The zero-order chi connectivity index (χ0) is 15.3. The molecule has 0 saturated heterocycles. The molecule has 5 nitrogen and oxygen atoms in total. The average molecular weight is 320 g/mol. The van der Waals surface area contributed by atoms with Crippen LogP contribution in [0.3, 0.4) is 0 Å². The van der Waals surface area contributed by atoms with Gasteiger partial charge in [0.1, 0.15) is 0 Å². The highest BCUT2D eigenvalue weighted by Crippen LogP contribution is 2.25. The van der Waals surface area contributed by atoms with E-state index in [1.165, 1.54) is 0 Å². The van der Waals surface area contributed by atoms with Gasteiger partial charge in [-0.15, -0.1) is 0 Å². The minimum Gasteiger partial charge on any atom is -0.387 e. The van der Waals surface area contributed by atoms with E-state index in [0.29, 0.717) is 22.3 Å². The van der Waals surface area contributed by atoms with Crippen molar-refractivity contribution in [2.24, 2.45) is 0 Å². The van der Waals surface area contributed by atoms with Crippen LogP contribution in [0.1, 0.15) is 6.92 Å². The summed E-state index contributed by atoms with van der Waals surface area (Å²) in [7, 11) is 3.70. The monoisotopic (exact) mass is 319 g/mol. The zero-order valence-corrected chi connectivity index (χ0v) is 13.2. The fourth-order valence-electron chi connectivity index (χ4n) is 1.77. The second kappa shape index (κ2) is 7.13. The van der Waals surface area contributed by atoms with Crippen LogP contribution in [-0.2, 0) is 0 Å². The molecule has 7 heteroatoms. The van der Waals surface area contributed by atoms with Gasteiger partial charge >= 0.3 is 6.03 Å². The predicted molar refractivity (Wildman–Crippen MR) is 82.7 cm³/mol. The molecule has 0 bridgehead atoms. The number of nitrogens with zero attached hydrogens (tertiary/aromatic N) is 1. The molecular weight excluding hydrogens is 301 g/mol. The molecule has 0 aliphatic rings. The van der Waals surface area contributed by atoms with Crippen LogP contribution in [-0.4, -0.2) is 48.8 Å². The van der Waals surface area contributed by atoms with Crippen molar-refractivity contribution in [2.75, 3.05) is 32.5 Å². The van der Waals surface area contributed by atoms with E-state index in [1.54, 1.807) is 25.1 Å². The summed E-state index contributed by atoms with van der Waals surface area (Å²) < 4.78 is 0. The summed E-state index contributed by atoms with van der Waals surface area (Å²) in [6, 6.07) is 4.34. The van der Waals surface area contributed by atoms with Crippen LogP contribution in [0.2, 0.25) is 10.0 Å². The number of amides is 2. The fraction of sp³-hybridized carbons (Fsp3) is 0.462. The largest absolute Gasteiger partial charge is 0.387 e. The van der Waals surface area contributed by atoms with Crippen molar-refractivity contribution in [1.29, 1.82) is 0 Å². The third-order valence-corrected chi connectivity index (χ3v) is 3.03. The maximum absolute atomic E-state index is 11.8. The van der Waals surface area contributed by atoms with Crippen molar-refractivity contribution in [3.63, 3.8) is 0 Å². The minimum atomic E-state index is -1.01. The second-order valence-electron chi connectivity index (χ2n) is 5.17. The van der Waals surface area contributed by atoms with Gasteiger partial charge in [-0.3, -0.25) is 0 Å². The number of anilines is 1. The van der Waals surface area contributed by atoms with E-state index < -0.39 is 11.6 Å². The highest BCUT2D eigenvalue weighted by atomic mass is 35.5. The molecule has 1 aromatic rings. The first-order valence-electron chi connectivity index (χ1n) is 6.07. The number of halogens is 2. The van der Waals surface area contributed by atoms with Gasteiger partial charge in [-0.05, 0) is 39.2 Å². The Bertz CT molecular complexity index is 479. The number of hydrogen-bond donors (Lipinski definition) is 3. The van der Waals surface area contributed by atoms with Crippen LogP contribution in [0.15, 0.2) is 18.2 Å². The number of hydrogen-bond acceptors (Lipinski definition) is 3. The van der Waals surface area contributed by atoms with Crippen molar-refractivity contribution >= 4 is 34.9 Å². The van der Waals surface area contributed by atoms with Crippen molar-refractivity contribution in [3.8, 4) is 0 Å². The van der Waals surface area contributed by atoms with Gasteiger partial charge in [0.15, 0.2) is 0 Å². The molecule has 20 heavy (non-hydrogen) atoms. The molecular formula is C13H19Cl2N3O2. The number of carbonyl (C=O) groups is 1. The first kappa shape index (κ1) is 17.0. The second-order valence-corrected chi connectivity index (χ2v) is 6.01. The summed E-state index contributed by atoms with van der Waals surface area (Å²) in [6.07, 6.45) is 0. The molecule has 1 atom stereocenters. The molecule has 0 spiro atoms. The molecule has 1 aromatic carbocycles. The molecule has 0 saturated carbocycles. The van der Waals surface area contributed by atoms with Crippen molar-refractivity contribution in [3.05, 3.63) is 28.2 Å². The number of rotatable bonds is 5. The van der Waals surface area contributed by atoms with Gasteiger partial charge in [0.2, 0.25) is 0 Å². The Morgan fingerprint density at radius 2 is 2.05 bits per heavy atom. The van der Waals surface area contributed by atoms with Gasteiger partial charge in [-0.1, -0.05) is 23.2 Å². The number of likely N-dealkylation sites (N-methyl/N-ethyl adjacent to an activating group) is 1. The lowest BCUT2D eigenvalue weighted by Gasteiger charge is -2.27. The molecule has 3 N–H and O–H groups in total. The quantitative estimate of drug-likeness (QED) is 0.781. The van der Waals surface area contributed by atoms with Gasteiger partial charge < -0.3 is 20.6 Å². The highest BCUT2D eigenvalue weighted by molar-refractivity contribution is 6.35. The Labute approximate surface area is 128 Å². The number of urea groups is 1. The molecule has 0 radical (unpaired) electrons. The summed E-state index contributed by atoms with van der Waals surface area (Å²) >= 11 is 11.8. The van der Waals surface area contributed by atoms with Crippen LogP contribution in [0.5, 0.6) is 0 Å². The Morgan fingerprint density at radius 1 is 1.40 bits per heavy atom. The molecule has 1 rings (SSSR count). The van der Waals surface area contributed by atoms with E-state index in [9.17, 15) is 9.90 Å².